The van der Waals surface area contributed by atoms with Crippen molar-refractivity contribution in [2.75, 3.05) is 5.73 Å². The van der Waals surface area contributed by atoms with Crippen LogP contribution in [0, 0.1) is 12.7 Å². The average Bonchev–Trinajstić information content (AvgIpc) is 3.35. The zero-order valence-electron chi connectivity index (χ0n) is 18.3. The number of amides is 1. The summed E-state index contributed by atoms with van der Waals surface area (Å²) < 4.78 is 21.8. The number of hydrogen-bond donors (Lipinski definition) is 2. The molecule has 0 aliphatic heterocycles. The van der Waals surface area contributed by atoms with Crippen LogP contribution in [-0.4, -0.2) is 15.3 Å². The number of nitrogens with one attached hydrogen (secondary N) is 1. The number of nitrogens with two attached hydrogens (primary N) is 1. The fourth-order valence-electron chi connectivity index (χ4n) is 3.90. The van der Waals surface area contributed by atoms with E-state index < -0.39 is 5.91 Å². The standard InChI is InChI=1S/C25H20FN5O3/c1-15-4-2-10-30-22(15)29-23-20(25(30)33)12-19(24(32)28-13-18-5-3-11-34-18)21(27)31(23)14-16-6-8-17(26)9-7-16/h2-12,27H,13-14H2,1H3,(H,28,32)/p+1. The van der Waals surface area contributed by atoms with Crippen molar-refractivity contribution in [2.24, 2.45) is 0 Å². The van der Waals surface area contributed by atoms with Gasteiger partial charge in [0.05, 0.1) is 19.4 Å². The van der Waals surface area contributed by atoms with Crippen molar-refractivity contribution in [3.8, 4) is 0 Å². The van der Waals surface area contributed by atoms with Crippen LogP contribution in [0.4, 0.5) is 10.2 Å². The van der Waals surface area contributed by atoms with Gasteiger partial charge in [0, 0.05) is 11.8 Å². The number of carbonyl (C=O) groups excluding carboxylic acids is 1. The number of hydrogen-bond acceptors (Lipinski definition) is 5. The molecule has 0 saturated heterocycles. The van der Waals surface area contributed by atoms with E-state index in [0.29, 0.717) is 17.1 Å². The maximum absolute atomic E-state index is 13.5. The van der Waals surface area contributed by atoms with Crippen molar-refractivity contribution in [1.82, 2.24) is 14.7 Å². The minimum absolute atomic E-state index is 0.132. The van der Waals surface area contributed by atoms with Crippen LogP contribution in [0.3, 0.4) is 0 Å². The van der Waals surface area contributed by atoms with E-state index in [2.05, 4.69) is 5.32 Å². The summed E-state index contributed by atoms with van der Waals surface area (Å²) in [7, 11) is 0. The summed E-state index contributed by atoms with van der Waals surface area (Å²) in [5.74, 6) is -0.110. The second kappa shape index (κ2) is 8.43. The average molecular weight is 458 g/mol. The van der Waals surface area contributed by atoms with Gasteiger partial charge >= 0.3 is 0 Å². The lowest BCUT2D eigenvalue weighted by Gasteiger charge is -2.13. The highest BCUT2D eigenvalue weighted by Gasteiger charge is 2.25. The largest absolute Gasteiger partial charge is 0.467 e. The van der Waals surface area contributed by atoms with E-state index in [4.69, 9.17) is 15.1 Å². The Balaban J connectivity index is 1.71. The first-order valence-corrected chi connectivity index (χ1v) is 10.6. The number of nitrogens with zero attached hydrogens (tertiary/aromatic N) is 3. The molecule has 0 aliphatic rings. The second-order valence-corrected chi connectivity index (χ2v) is 7.96. The molecule has 3 N–H and O–H groups in total. The maximum Gasteiger partial charge on any atom is 0.278 e. The molecule has 0 fully saturated rings. The van der Waals surface area contributed by atoms with Crippen LogP contribution in [0.5, 0.6) is 0 Å². The summed E-state index contributed by atoms with van der Waals surface area (Å²) in [6, 6.07) is 14.5. The molecule has 0 atom stereocenters. The molecule has 0 radical (unpaired) electrons. The van der Waals surface area contributed by atoms with E-state index in [1.54, 1.807) is 41.1 Å². The molecule has 0 saturated carbocycles. The van der Waals surface area contributed by atoms with Gasteiger partial charge in [-0.3, -0.25) is 14.0 Å². The second-order valence-electron chi connectivity index (χ2n) is 7.96. The summed E-state index contributed by atoms with van der Waals surface area (Å²) in [5.41, 5.74) is 8.65. The van der Waals surface area contributed by atoms with Gasteiger partial charge in [-0.1, -0.05) is 23.2 Å². The maximum atomic E-state index is 13.5. The van der Waals surface area contributed by atoms with Gasteiger partial charge in [-0.15, -0.1) is 0 Å². The summed E-state index contributed by atoms with van der Waals surface area (Å²) in [5, 5.41) is 3.00. The van der Waals surface area contributed by atoms with Gasteiger partial charge in [-0.25, -0.2) is 8.96 Å². The molecule has 1 aromatic carbocycles. The normalized spacial score (nSPS) is 11.2. The topological polar surface area (TPSA) is 107 Å². The Morgan fingerprint density at radius 3 is 2.74 bits per heavy atom. The molecule has 0 aliphatic carbocycles. The molecule has 170 valence electrons. The van der Waals surface area contributed by atoms with Gasteiger partial charge in [-0.05, 0) is 48.9 Å². The number of benzene rings is 1. The van der Waals surface area contributed by atoms with Crippen molar-refractivity contribution in [2.45, 2.75) is 20.0 Å². The zero-order valence-corrected chi connectivity index (χ0v) is 18.3. The van der Waals surface area contributed by atoms with Crippen molar-refractivity contribution >= 4 is 28.4 Å². The van der Waals surface area contributed by atoms with E-state index in [0.717, 1.165) is 11.1 Å². The number of nitrogen functional groups attached to an aromatic ring is 1. The van der Waals surface area contributed by atoms with Gasteiger partial charge < -0.3 is 15.5 Å². The molecular weight excluding hydrogens is 437 g/mol. The van der Waals surface area contributed by atoms with Crippen molar-refractivity contribution in [1.29, 1.82) is 0 Å². The summed E-state index contributed by atoms with van der Waals surface area (Å²) >= 11 is 0. The predicted molar refractivity (Wildman–Crippen MR) is 124 cm³/mol. The fourth-order valence-corrected chi connectivity index (χ4v) is 3.90. The molecule has 4 heterocycles. The van der Waals surface area contributed by atoms with E-state index in [1.165, 1.54) is 28.9 Å². The van der Waals surface area contributed by atoms with Crippen LogP contribution in [0.2, 0.25) is 0 Å². The minimum Gasteiger partial charge on any atom is -0.467 e. The predicted octanol–water partition coefficient (Wildman–Crippen LogP) is 2.74. The molecule has 0 unspecified atom stereocenters. The Morgan fingerprint density at radius 1 is 1.21 bits per heavy atom. The van der Waals surface area contributed by atoms with Gasteiger partial charge in [0.25, 0.3) is 17.1 Å². The number of fused-ring (bicyclic) bond motifs is 2. The third-order valence-electron chi connectivity index (χ3n) is 5.68. The minimum atomic E-state index is -0.461. The van der Waals surface area contributed by atoms with Gasteiger partial charge in [0.1, 0.15) is 22.5 Å². The number of rotatable bonds is 5. The van der Waals surface area contributed by atoms with Crippen molar-refractivity contribution in [3.05, 3.63) is 106 Å². The lowest BCUT2D eigenvalue weighted by atomic mass is 10.1. The van der Waals surface area contributed by atoms with E-state index in [-0.39, 0.29) is 41.2 Å². The Labute approximate surface area is 193 Å². The number of halogens is 1. The van der Waals surface area contributed by atoms with Gasteiger partial charge in [0.2, 0.25) is 11.5 Å². The first-order valence-electron chi connectivity index (χ1n) is 10.6. The van der Waals surface area contributed by atoms with Gasteiger partial charge in [0.15, 0.2) is 0 Å². The Hall–Kier alpha value is -4.53. The number of aromatic nitrogens is 3. The molecule has 5 rings (SSSR count). The number of anilines is 1. The zero-order chi connectivity index (χ0) is 23.8. The Morgan fingerprint density at radius 2 is 2.00 bits per heavy atom. The van der Waals surface area contributed by atoms with Crippen LogP contribution in [-0.2, 0) is 13.1 Å². The molecule has 0 spiro atoms. The third-order valence-corrected chi connectivity index (χ3v) is 5.68. The highest BCUT2D eigenvalue weighted by atomic mass is 19.1. The van der Waals surface area contributed by atoms with Crippen LogP contribution in [0.1, 0.15) is 27.2 Å². The lowest BCUT2D eigenvalue weighted by molar-refractivity contribution is -0.649. The van der Waals surface area contributed by atoms with Crippen LogP contribution < -0.4 is 21.2 Å². The first-order chi connectivity index (χ1) is 16.4. The van der Waals surface area contributed by atoms with Gasteiger partial charge in [-0.2, -0.15) is 0 Å². The third kappa shape index (κ3) is 3.77. The lowest BCUT2D eigenvalue weighted by Crippen LogP contribution is -2.43. The smallest absolute Gasteiger partial charge is 0.278 e. The van der Waals surface area contributed by atoms with E-state index in [9.17, 15) is 14.0 Å². The first kappa shape index (κ1) is 21.3. The molecule has 5 aromatic rings. The molecule has 9 heteroatoms. The summed E-state index contributed by atoms with van der Waals surface area (Å²) in [6.45, 7) is 2.21. The van der Waals surface area contributed by atoms with Crippen molar-refractivity contribution < 1.29 is 18.2 Å². The monoisotopic (exact) mass is 458 g/mol. The summed E-state index contributed by atoms with van der Waals surface area (Å²) in [6.07, 6.45) is 3.15. The molecule has 8 nitrogen and oxygen atoms in total. The molecule has 0 bridgehead atoms. The Bertz CT molecular complexity index is 1590. The Kier molecular flexibility index (Phi) is 5.29. The van der Waals surface area contributed by atoms with E-state index >= 15 is 0 Å². The number of pyridine rings is 2. The van der Waals surface area contributed by atoms with Crippen LogP contribution >= 0.6 is 0 Å². The molecule has 1 amide bonds. The highest BCUT2D eigenvalue weighted by molar-refractivity contribution is 6.00. The molecular formula is C25H21FN5O3+. The summed E-state index contributed by atoms with van der Waals surface area (Å²) in [4.78, 5) is 31.2. The van der Waals surface area contributed by atoms with Crippen LogP contribution in [0.15, 0.2) is 76.3 Å². The van der Waals surface area contributed by atoms with E-state index in [1.807, 2.05) is 13.0 Å². The molecule has 34 heavy (non-hydrogen) atoms. The number of furan rings is 1. The van der Waals surface area contributed by atoms with Crippen LogP contribution in [0.25, 0.3) is 16.7 Å². The quantitative estimate of drug-likeness (QED) is 0.311. The fraction of sp³-hybridized carbons (Fsp3) is 0.120. The molecule has 4 aromatic heterocycles. The number of carbonyl (C=O) groups is 1. The van der Waals surface area contributed by atoms with Crippen molar-refractivity contribution in [3.63, 3.8) is 0 Å². The number of aryl methyl sites for hydroxylation is 1. The SMILES string of the molecule is Cc1cccn2c(=O)c3cc(C(=O)NCc4ccco4)c(N)[n+](Cc4ccc(F)cc4)c3nc12. The highest BCUT2D eigenvalue weighted by Crippen LogP contribution is 2.17.